The fourth-order valence-electron chi connectivity index (χ4n) is 2.73. The van der Waals surface area contributed by atoms with Gasteiger partial charge in [0, 0.05) is 29.3 Å². The van der Waals surface area contributed by atoms with Gasteiger partial charge in [0.25, 0.3) is 0 Å². The molecule has 2 aromatic rings. The molecule has 0 atom stereocenters. The summed E-state index contributed by atoms with van der Waals surface area (Å²) in [5.74, 6) is 1.79. The summed E-state index contributed by atoms with van der Waals surface area (Å²) in [6.45, 7) is 3.85. The van der Waals surface area contributed by atoms with E-state index in [2.05, 4.69) is 5.10 Å². The van der Waals surface area contributed by atoms with Crippen molar-refractivity contribution in [2.24, 2.45) is 13.0 Å². The smallest absolute Gasteiger partial charge is 0.287 e. The third-order valence-corrected chi connectivity index (χ3v) is 5.73. The van der Waals surface area contributed by atoms with Crippen molar-refractivity contribution in [2.75, 3.05) is 5.75 Å². The standard InChI is InChI=1S/C18H19F3N2OS/c1-10-6-11(2)15(25-9-12-4-5-12)7-13(10)17-14(24)8-16(18(19,20)21)23(3)22-17/h6-8,12H,4-5,9H2,1-3H3. The predicted octanol–water partition coefficient (Wildman–Crippen LogP) is 4.59. The number of nitrogens with zero attached hydrogens (tertiary/aromatic N) is 2. The Balaban J connectivity index is 2.04. The Kier molecular flexibility index (Phi) is 4.70. The summed E-state index contributed by atoms with van der Waals surface area (Å²) in [4.78, 5) is 13.3. The van der Waals surface area contributed by atoms with E-state index in [0.717, 1.165) is 32.4 Å². The molecule has 0 aliphatic heterocycles. The van der Waals surface area contributed by atoms with E-state index in [4.69, 9.17) is 0 Å². The van der Waals surface area contributed by atoms with Crippen LogP contribution in [-0.2, 0) is 13.2 Å². The topological polar surface area (TPSA) is 34.9 Å². The van der Waals surface area contributed by atoms with Gasteiger partial charge in [0.2, 0.25) is 5.43 Å². The molecule has 1 heterocycles. The van der Waals surface area contributed by atoms with Crippen LogP contribution >= 0.6 is 11.8 Å². The fraction of sp³-hybridized carbons (Fsp3) is 0.444. The highest BCUT2D eigenvalue weighted by Gasteiger charge is 2.34. The Morgan fingerprint density at radius 2 is 1.88 bits per heavy atom. The number of hydrogen-bond acceptors (Lipinski definition) is 3. The average molecular weight is 368 g/mol. The molecular formula is C18H19F3N2OS. The molecule has 0 radical (unpaired) electrons. The number of benzene rings is 1. The fourth-order valence-corrected chi connectivity index (χ4v) is 3.96. The Morgan fingerprint density at radius 3 is 2.48 bits per heavy atom. The van der Waals surface area contributed by atoms with Crippen LogP contribution in [0.4, 0.5) is 13.2 Å². The quantitative estimate of drug-likeness (QED) is 0.741. The van der Waals surface area contributed by atoms with Crippen LogP contribution in [0, 0.1) is 19.8 Å². The highest BCUT2D eigenvalue weighted by molar-refractivity contribution is 7.99. The Morgan fingerprint density at radius 1 is 1.20 bits per heavy atom. The maximum absolute atomic E-state index is 12.9. The van der Waals surface area contributed by atoms with E-state index in [1.807, 2.05) is 26.0 Å². The number of hydrogen-bond donors (Lipinski definition) is 0. The van der Waals surface area contributed by atoms with Gasteiger partial charge in [-0.25, -0.2) is 0 Å². The minimum absolute atomic E-state index is 0.0567. The van der Waals surface area contributed by atoms with E-state index in [0.29, 0.717) is 11.6 Å². The monoisotopic (exact) mass is 368 g/mol. The van der Waals surface area contributed by atoms with Gasteiger partial charge in [-0.2, -0.15) is 18.3 Å². The van der Waals surface area contributed by atoms with Crippen molar-refractivity contribution in [2.45, 2.75) is 37.8 Å². The summed E-state index contributed by atoms with van der Waals surface area (Å²) < 4.78 is 39.5. The van der Waals surface area contributed by atoms with E-state index in [-0.39, 0.29) is 5.69 Å². The van der Waals surface area contributed by atoms with Gasteiger partial charge in [-0.3, -0.25) is 9.48 Å². The maximum atomic E-state index is 12.9. The molecule has 0 spiro atoms. The number of alkyl halides is 3. The molecular weight excluding hydrogens is 349 g/mol. The lowest BCUT2D eigenvalue weighted by Crippen LogP contribution is -2.22. The second kappa shape index (κ2) is 6.52. The molecule has 3 rings (SSSR count). The number of aromatic nitrogens is 2. The van der Waals surface area contributed by atoms with Crippen molar-refractivity contribution in [3.05, 3.63) is 45.2 Å². The zero-order chi connectivity index (χ0) is 18.4. The van der Waals surface area contributed by atoms with Crippen LogP contribution in [0.25, 0.3) is 11.3 Å². The third kappa shape index (κ3) is 3.92. The van der Waals surface area contributed by atoms with Gasteiger partial charge in [0.05, 0.1) is 0 Å². The number of thioether (sulfide) groups is 1. The van der Waals surface area contributed by atoms with E-state index in [1.165, 1.54) is 19.9 Å². The number of halogens is 3. The minimum Gasteiger partial charge on any atom is -0.287 e. The van der Waals surface area contributed by atoms with Crippen molar-refractivity contribution in [1.82, 2.24) is 9.78 Å². The molecule has 1 aromatic carbocycles. The van der Waals surface area contributed by atoms with Crippen molar-refractivity contribution in [3.8, 4) is 11.3 Å². The molecule has 0 bridgehead atoms. The van der Waals surface area contributed by atoms with Gasteiger partial charge in [-0.05, 0) is 49.8 Å². The normalized spacial score (nSPS) is 14.8. The van der Waals surface area contributed by atoms with Gasteiger partial charge >= 0.3 is 6.18 Å². The first kappa shape index (κ1) is 18.0. The third-order valence-electron chi connectivity index (χ3n) is 4.34. The van der Waals surface area contributed by atoms with Crippen molar-refractivity contribution in [1.29, 1.82) is 0 Å². The molecule has 0 amide bonds. The van der Waals surface area contributed by atoms with Crippen LogP contribution in [0.2, 0.25) is 0 Å². The van der Waals surface area contributed by atoms with Gasteiger partial charge < -0.3 is 0 Å². The predicted molar refractivity (Wildman–Crippen MR) is 92.8 cm³/mol. The molecule has 25 heavy (non-hydrogen) atoms. The van der Waals surface area contributed by atoms with Crippen LogP contribution in [0.5, 0.6) is 0 Å². The highest BCUT2D eigenvalue weighted by Crippen LogP contribution is 2.37. The van der Waals surface area contributed by atoms with Gasteiger partial charge in [-0.15, -0.1) is 11.8 Å². The first-order valence-corrected chi connectivity index (χ1v) is 9.05. The number of rotatable bonds is 4. The maximum Gasteiger partial charge on any atom is 0.433 e. The van der Waals surface area contributed by atoms with E-state index in [9.17, 15) is 18.0 Å². The highest BCUT2D eigenvalue weighted by atomic mass is 32.2. The summed E-state index contributed by atoms with van der Waals surface area (Å²) in [5, 5.41) is 3.92. The van der Waals surface area contributed by atoms with Crippen LogP contribution < -0.4 is 5.43 Å². The van der Waals surface area contributed by atoms with Crippen LogP contribution in [0.3, 0.4) is 0 Å². The lowest BCUT2D eigenvalue weighted by Gasteiger charge is -2.15. The van der Waals surface area contributed by atoms with Crippen molar-refractivity contribution >= 4 is 11.8 Å². The van der Waals surface area contributed by atoms with E-state index in [1.54, 1.807) is 11.8 Å². The van der Waals surface area contributed by atoms with Gasteiger partial charge in [0.15, 0.2) is 0 Å². The Bertz CT molecular complexity index is 870. The lowest BCUT2D eigenvalue weighted by atomic mass is 10.0. The van der Waals surface area contributed by atoms with E-state index < -0.39 is 17.3 Å². The molecule has 7 heteroatoms. The second-order valence-electron chi connectivity index (χ2n) is 6.55. The van der Waals surface area contributed by atoms with Crippen molar-refractivity contribution in [3.63, 3.8) is 0 Å². The molecule has 0 unspecified atom stereocenters. The molecule has 1 saturated carbocycles. The SMILES string of the molecule is Cc1cc(C)c(-c2nn(C)c(C(F)(F)F)cc2=O)cc1SCC1CC1. The number of aryl methyl sites for hydroxylation is 3. The van der Waals surface area contributed by atoms with E-state index >= 15 is 0 Å². The summed E-state index contributed by atoms with van der Waals surface area (Å²) in [6.07, 6.45) is -2.09. The molecule has 1 aliphatic rings. The summed E-state index contributed by atoms with van der Waals surface area (Å²) >= 11 is 1.74. The van der Waals surface area contributed by atoms with Crippen molar-refractivity contribution < 1.29 is 13.2 Å². The molecule has 1 aromatic heterocycles. The minimum atomic E-state index is -4.60. The van der Waals surface area contributed by atoms with Gasteiger partial charge in [0.1, 0.15) is 11.4 Å². The molecule has 1 aliphatic carbocycles. The summed E-state index contributed by atoms with van der Waals surface area (Å²) in [7, 11) is 1.21. The summed E-state index contributed by atoms with van der Waals surface area (Å²) in [6, 6.07) is 4.47. The largest absolute Gasteiger partial charge is 0.433 e. The Hall–Kier alpha value is -1.76. The first-order valence-electron chi connectivity index (χ1n) is 8.07. The molecule has 134 valence electrons. The molecule has 3 nitrogen and oxygen atoms in total. The average Bonchev–Trinajstić information content (AvgIpc) is 3.32. The lowest BCUT2D eigenvalue weighted by molar-refractivity contribution is -0.144. The van der Waals surface area contributed by atoms with Crippen LogP contribution in [0.15, 0.2) is 27.9 Å². The first-order chi connectivity index (χ1) is 11.7. The van der Waals surface area contributed by atoms with Crippen LogP contribution in [-0.4, -0.2) is 15.5 Å². The Labute approximate surface area is 148 Å². The molecule has 1 fully saturated rings. The zero-order valence-corrected chi connectivity index (χ0v) is 15.1. The molecule has 0 saturated heterocycles. The van der Waals surface area contributed by atoms with Crippen LogP contribution in [0.1, 0.15) is 29.7 Å². The molecule has 0 N–H and O–H groups in total. The second-order valence-corrected chi connectivity index (χ2v) is 7.61. The summed E-state index contributed by atoms with van der Waals surface area (Å²) in [5.41, 5.74) is 0.831. The zero-order valence-electron chi connectivity index (χ0n) is 14.3. The van der Waals surface area contributed by atoms with Gasteiger partial charge in [-0.1, -0.05) is 6.07 Å².